The molecule has 1 heterocycles. The average Bonchev–Trinajstić information content (AvgIpc) is 3.32. The van der Waals surface area contributed by atoms with Crippen molar-refractivity contribution in [1.29, 1.82) is 0 Å². The van der Waals surface area contributed by atoms with Gasteiger partial charge in [0.2, 0.25) is 0 Å². The van der Waals surface area contributed by atoms with Crippen LogP contribution in [0.15, 0.2) is 29.3 Å². The van der Waals surface area contributed by atoms with Crippen LogP contribution in [0.4, 0.5) is 5.69 Å². The number of nitrogens with zero attached hydrogens (tertiary/aromatic N) is 3. The zero-order valence-corrected chi connectivity index (χ0v) is 19.6. The van der Waals surface area contributed by atoms with Crippen molar-refractivity contribution < 1.29 is 0 Å². The molecule has 1 aromatic rings. The van der Waals surface area contributed by atoms with E-state index in [-0.39, 0.29) is 30.0 Å². The minimum absolute atomic E-state index is 0. The van der Waals surface area contributed by atoms with Gasteiger partial charge in [0.25, 0.3) is 0 Å². The zero-order chi connectivity index (χ0) is 18.5. The molecule has 1 saturated heterocycles. The van der Waals surface area contributed by atoms with E-state index < -0.39 is 0 Å². The molecular weight excluding hydrogens is 449 g/mol. The maximum absolute atomic E-state index is 4.43. The van der Waals surface area contributed by atoms with Gasteiger partial charge in [-0.05, 0) is 70.3 Å². The first-order valence-electron chi connectivity index (χ1n) is 10.1. The van der Waals surface area contributed by atoms with Crippen molar-refractivity contribution in [2.45, 2.75) is 44.7 Å². The molecule has 2 fully saturated rings. The van der Waals surface area contributed by atoms with E-state index in [4.69, 9.17) is 0 Å². The minimum Gasteiger partial charge on any atom is -0.372 e. The van der Waals surface area contributed by atoms with E-state index >= 15 is 0 Å². The smallest absolute Gasteiger partial charge is 0.191 e. The van der Waals surface area contributed by atoms with Crippen molar-refractivity contribution in [1.82, 2.24) is 15.5 Å². The molecule has 0 radical (unpaired) electrons. The summed E-state index contributed by atoms with van der Waals surface area (Å²) in [5.74, 6) is 1.72. The van der Waals surface area contributed by atoms with Crippen LogP contribution in [-0.2, 0) is 0 Å². The maximum atomic E-state index is 4.43. The second-order valence-corrected chi connectivity index (χ2v) is 7.98. The average molecular weight is 485 g/mol. The molecule has 2 atom stereocenters. The number of rotatable bonds is 7. The fraction of sp³-hybridized carbons (Fsp3) is 0.667. The fourth-order valence-corrected chi connectivity index (χ4v) is 3.90. The standard InChI is InChI=1S/C21H35N5.HI/c1-16(18-8-7-9-19(14-18)26-12-5-6-13-26)24-21(22-2)23-15-20(25(3)4)17-10-11-17;/h7-9,14,16-17,20H,5-6,10-13,15H2,1-4H3,(H2,22,23,24);1H. The molecule has 2 aliphatic rings. The highest BCUT2D eigenvalue weighted by Crippen LogP contribution is 2.34. The fourth-order valence-electron chi connectivity index (χ4n) is 3.90. The molecule has 6 heteroatoms. The van der Waals surface area contributed by atoms with Gasteiger partial charge in [0.1, 0.15) is 0 Å². The maximum Gasteiger partial charge on any atom is 0.191 e. The monoisotopic (exact) mass is 485 g/mol. The molecule has 1 saturated carbocycles. The molecule has 5 nitrogen and oxygen atoms in total. The highest BCUT2D eigenvalue weighted by Gasteiger charge is 2.32. The summed E-state index contributed by atoms with van der Waals surface area (Å²) < 4.78 is 0. The first-order chi connectivity index (χ1) is 12.6. The van der Waals surface area contributed by atoms with E-state index in [1.807, 2.05) is 7.05 Å². The topological polar surface area (TPSA) is 42.9 Å². The molecule has 3 rings (SSSR count). The third-order valence-corrected chi connectivity index (χ3v) is 5.73. The number of likely N-dealkylation sites (N-methyl/N-ethyl adjacent to an activating group) is 1. The van der Waals surface area contributed by atoms with Crippen molar-refractivity contribution in [3.05, 3.63) is 29.8 Å². The molecule has 0 spiro atoms. The summed E-state index contributed by atoms with van der Waals surface area (Å²) in [5.41, 5.74) is 2.65. The molecule has 2 unspecified atom stereocenters. The summed E-state index contributed by atoms with van der Waals surface area (Å²) in [4.78, 5) is 9.25. The predicted molar refractivity (Wildman–Crippen MR) is 126 cm³/mol. The number of guanidine groups is 1. The van der Waals surface area contributed by atoms with Crippen LogP contribution in [-0.4, -0.2) is 57.7 Å². The summed E-state index contributed by atoms with van der Waals surface area (Å²) in [5, 5.41) is 7.09. The molecule has 0 amide bonds. The van der Waals surface area contributed by atoms with E-state index in [0.717, 1.165) is 18.4 Å². The van der Waals surface area contributed by atoms with Crippen molar-refractivity contribution in [2.75, 3.05) is 45.7 Å². The van der Waals surface area contributed by atoms with Crippen molar-refractivity contribution in [3.8, 4) is 0 Å². The van der Waals surface area contributed by atoms with Gasteiger partial charge in [-0.3, -0.25) is 4.99 Å². The zero-order valence-electron chi connectivity index (χ0n) is 17.2. The summed E-state index contributed by atoms with van der Waals surface area (Å²) in [7, 11) is 6.20. The van der Waals surface area contributed by atoms with Gasteiger partial charge < -0.3 is 20.4 Å². The Morgan fingerprint density at radius 3 is 2.56 bits per heavy atom. The number of aliphatic imine (C=N–C) groups is 1. The van der Waals surface area contributed by atoms with Gasteiger partial charge in [0, 0.05) is 38.4 Å². The highest BCUT2D eigenvalue weighted by atomic mass is 127. The molecule has 1 aliphatic heterocycles. The van der Waals surface area contributed by atoms with Crippen LogP contribution in [0.2, 0.25) is 0 Å². The number of nitrogens with one attached hydrogen (secondary N) is 2. The lowest BCUT2D eigenvalue weighted by atomic mass is 10.1. The summed E-state index contributed by atoms with van der Waals surface area (Å²) in [6.45, 7) is 5.52. The number of anilines is 1. The van der Waals surface area contributed by atoms with Crippen molar-refractivity contribution >= 4 is 35.6 Å². The summed E-state index contributed by atoms with van der Waals surface area (Å²) in [6, 6.07) is 9.74. The van der Waals surface area contributed by atoms with E-state index in [0.29, 0.717) is 6.04 Å². The third-order valence-electron chi connectivity index (χ3n) is 5.73. The van der Waals surface area contributed by atoms with E-state index in [9.17, 15) is 0 Å². The van der Waals surface area contributed by atoms with Crippen molar-refractivity contribution in [3.63, 3.8) is 0 Å². The Morgan fingerprint density at radius 2 is 1.96 bits per heavy atom. The number of hydrogen-bond donors (Lipinski definition) is 2. The Kier molecular flexibility index (Phi) is 8.66. The molecule has 152 valence electrons. The molecular formula is C21H36IN5. The SMILES string of the molecule is CN=C(NCC(C1CC1)N(C)C)NC(C)c1cccc(N2CCCC2)c1.I. The van der Waals surface area contributed by atoms with Crippen LogP contribution in [0.5, 0.6) is 0 Å². The first-order valence-corrected chi connectivity index (χ1v) is 10.1. The lowest BCUT2D eigenvalue weighted by molar-refractivity contribution is 0.264. The Bertz CT molecular complexity index is 606. The lowest BCUT2D eigenvalue weighted by Crippen LogP contribution is -2.46. The van der Waals surface area contributed by atoms with Gasteiger partial charge in [-0.15, -0.1) is 24.0 Å². The predicted octanol–water partition coefficient (Wildman–Crippen LogP) is 3.47. The molecule has 1 aliphatic carbocycles. The van der Waals surface area contributed by atoms with E-state index in [1.165, 1.54) is 50.0 Å². The highest BCUT2D eigenvalue weighted by molar-refractivity contribution is 14.0. The van der Waals surface area contributed by atoms with Crippen molar-refractivity contribution in [2.24, 2.45) is 10.9 Å². The van der Waals surface area contributed by atoms with Crippen LogP contribution in [0.3, 0.4) is 0 Å². The van der Waals surface area contributed by atoms with Crippen LogP contribution >= 0.6 is 24.0 Å². The Hall–Kier alpha value is -1.02. The van der Waals surface area contributed by atoms with Gasteiger partial charge in [-0.25, -0.2) is 0 Å². The number of hydrogen-bond acceptors (Lipinski definition) is 3. The molecule has 0 bridgehead atoms. The molecule has 1 aromatic carbocycles. The largest absolute Gasteiger partial charge is 0.372 e. The Labute approximate surface area is 182 Å². The quantitative estimate of drug-likeness (QED) is 0.353. The summed E-state index contributed by atoms with van der Waals surface area (Å²) >= 11 is 0. The van der Waals surface area contributed by atoms with Crippen LogP contribution in [0.25, 0.3) is 0 Å². The second kappa shape index (κ2) is 10.5. The Morgan fingerprint density at radius 1 is 1.26 bits per heavy atom. The van der Waals surface area contributed by atoms with Gasteiger partial charge in [-0.2, -0.15) is 0 Å². The van der Waals surface area contributed by atoms with Gasteiger partial charge in [-0.1, -0.05) is 12.1 Å². The minimum atomic E-state index is 0. The molecule has 0 aromatic heterocycles. The summed E-state index contributed by atoms with van der Waals surface area (Å²) in [6.07, 6.45) is 5.33. The van der Waals surface area contributed by atoms with Gasteiger partial charge >= 0.3 is 0 Å². The van der Waals surface area contributed by atoms with Crippen LogP contribution in [0, 0.1) is 5.92 Å². The van der Waals surface area contributed by atoms with Gasteiger partial charge in [0.15, 0.2) is 5.96 Å². The first kappa shape index (κ1) is 22.3. The lowest BCUT2D eigenvalue weighted by Gasteiger charge is -2.26. The van der Waals surface area contributed by atoms with Gasteiger partial charge in [0.05, 0.1) is 6.04 Å². The second-order valence-electron chi connectivity index (χ2n) is 7.98. The molecule has 2 N–H and O–H groups in total. The number of halogens is 1. The van der Waals surface area contributed by atoms with Crippen LogP contribution in [0.1, 0.15) is 44.2 Å². The normalized spacial score (nSPS) is 19.6. The number of benzene rings is 1. The van der Waals surface area contributed by atoms with Crippen LogP contribution < -0.4 is 15.5 Å². The Balaban J connectivity index is 0.00000261. The van der Waals surface area contributed by atoms with E-state index in [1.54, 1.807) is 0 Å². The third kappa shape index (κ3) is 6.24. The van der Waals surface area contributed by atoms with E-state index in [2.05, 4.69) is 70.7 Å². The molecule has 27 heavy (non-hydrogen) atoms.